The lowest BCUT2D eigenvalue weighted by atomic mass is 10.1. The molecule has 0 atom stereocenters. The van der Waals surface area contributed by atoms with E-state index in [1.54, 1.807) is 31.2 Å². The predicted molar refractivity (Wildman–Crippen MR) is 99.3 cm³/mol. The third-order valence-corrected chi connectivity index (χ3v) is 3.45. The monoisotopic (exact) mass is 341 g/mol. The summed E-state index contributed by atoms with van der Waals surface area (Å²) in [5, 5.41) is 4.19. The Balaban J connectivity index is 2.20. The molecule has 0 heterocycles. The first-order valence-electron chi connectivity index (χ1n) is 8.15. The lowest BCUT2D eigenvalue weighted by Crippen LogP contribution is -2.19. The van der Waals surface area contributed by atoms with Gasteiger partial charge in [0, 0.05) is 16.8 Å². The van der Waals surface area contributed by atoms with E-state index in [2.05, 4.69) is 10.5 Å². The van der Waals surface area contributed by atoms with Crippen molar-refractivity contribution < 1.29 is 14.3 Å². The molecule has 0 fully saturated rings. The van der Waals surface area contributed by atoms with Crippen molar-refractivity contribution in [3.8, 4) is 11.5 Å². The molecule has 0 radical (unpaired) electrons. The third-order valence-electron chi connectivity index (χ3n) is 3.45. The van der Waals surface area contributed by atoms with E-state index in [9.17, 15) is 4.79 Å². The fourth-order valence-electron chi connectivity index (χ4n) is 2.22. The van der Waals surface area contributed by atoms with Gasteiger partial charge in [0.2, 0.25) is 0 Å². The molecule has 0 saturated carbocycles. The molecule has 6 nitrogen and oxygen atoms in total. The van der Waals surface area contributed by atoms with Gasteiger partial charge in [-0.1, -0.05) is 0 Å². The number of carbonyl (C=O) groups excluding carboxylic acids is 1. The number of ether oxygens (including phenoxy) is 2. The molecule has 3 N–H and O–H groups in total. The molecular weight excluding hydrogens is 318 g/mol. The van der Waals surface area contributed by atoms with E-state index >= 15 is 0 Å². The largest absolute Gasteiger partial charge is 0.494 e. The summed E-state index contributed by atoms with van der Waals surface area (Å²) in [6.45, 7) is 6.74. The topological polar surface area (TPSA) is 85.9 Å². The number of hydrogen-bond donors (Lipinski definition) is 2. The van der Waals surface area contributed by atoms with E-state index in [0.29, 0.717) is 35.9 Å². The molecule has 0 unspecified atom stereocenters. The number of nitrogens with zero attached hydrogens (tertiary/aromatic N) is 1. The van der Waals surface area contributed by atoms with Crippen LogP contribution in [0.3, 0.4) is 0 Å². The van der Waals surface area contributed by atoms with Crippen LogP contribution < -0.4 is 20.6 Å². The second-order valence-corrected chi connectivity index (χ2v) is 5.28. The molecule has 132 valence electrons. The van der Waals surface area contributed by atoms with Gasteiger partial charge >= 0.3 is 0 Å². The standard InChI is InChI=1S/C19H23N3O3/c1-4-24-16-10-11-18(25-5-2)17(12-16)13(3)21-22-19(23)14-6-8-15(20)9-7-14/h6-12H,4-5,20H2,1-3H3,(H,22,23)/b21-13-. The normalized spacial score (nSPS) is 11.1. The highest BCUT2D eigenvalue weighted by Gasteiger charge is 2.10. The molecule has 0 bridgehead atoms. The minimum atomic E-state index is -0.307. The Bertz CT molecular complexity index is 755. The zero-order valence-electron chi connectivity index (χ0n) is 14.7. The third kappa shape index (κ3) is 4.97. The maximum absolute atomic E-state index is 12.2. The van der Waals surface area contributed by atoms with Crippen molar-refractivity contribution in [2.75, 3.05) is 18.9 Å². The summed E-state index contributed by atoms with van der Waals surface area (Å²) >= 11 is 0. The number of nitrogens with two attached hydrogens (primary N) is 1. The van der Waals surface area contributed by atoms with Gasteiger partial charge in [0.25, 0.3) is 5.91 Å². The maximum Gasteiger partial charge on any atom is 0.271 e. The summed E-state index contributed by atoms with van der Waals surface area (Å²) in [5.74, 6) is 1.10. The van der Waals surface area contributed by atoms with Crippen molar-refractivity contribution in [3.63, 3.8) is 0 Å². The Hall–Kier alpha value is -3.02. The smallest absolute Gasteiger partial charge is 0.271 e. The number of rotatable bonds is 7. The van der Waals surface area contributed by atoms with Crippen LogP contribution in [0.2, 0.25) is 0 Å². The molecule has 6 heteroatoms. The number of carbonyl (C=O) groups is 1. The molecular formula is C19H23N3O3. The Morgan fingerprint density at radius 3 is 2.40 bits per heavy atom. The number of nitrogen functional groups attached to an aromatic ring is 1. The molecule has 0 aliphatic rings. The van der Waals surface area contributed by atoms with Crippen LogP contribution in [0, 0.1) is 0 Å². The van der Waals surface area contributed by atoms with Gasteiger partial charge in [0.15, 0.2) is 0 Å². The number of hydrazone groups is 1. The highest BCUT2D eigenvalue weighted by atomic mass is 16.5. The van der Waals surface area contributed by atoms with E-state index in [1.165, 1.54) is 0 Å². The Kier molecular flexibility index (Phi) is 6.39. The van der Waals surface area contributed by atoms with Crippen LogP contribution in [-0.4, -0.2) is 24.8 Å². The first kappa shape index (κ1) is 18.3. The van der Waals surface area contributed by atoms with Crippen molar-refractivity contribution in [3.05, 3.63) is 53.6 Å². The Morgan fingerprint density at radius 2 is 1.76 bits per heavy atom. The lowest BCUT2D eigenvalue weighted by Gasteiger charge is -2.12. The minimum Gasteiger partial charge on any atom is -0.494 e. The number of amides is 1. The van der Waals surface area contributed by atoms with Gasteiger partial charge in [0.1, 0.15) is 11.5 Å². The van der Waals surface area contributed by atoms with Crippen LogP contribution in [0.4, 0.5) is 5.69 Å². The van der Waals surface area contributed by atoms with Gasteiger partial charge in [-0.3, -0.25) is 4.79 Å². The van der Waals surface area contributed by atoms with E-state index < -0.39 is 0 Å². The Labute approximate surface area is 147 Å². The molecule has 0 aromatic heterocycles. The molecule has 0 saturated heterocycles. The summed E-state index contributed by atoms with van der Waals surface area (Å²) < 4.78 is 11.2. The number of anilines is 1. The molecule has 1 amide bonds. The average Bonchev–Trinajstić information content (AvgIpc) is 2.61. The first-order valence-corrected chi connectivity index (χ1v) is 8.15. The van der Waals surface area contributed by atoms with Gasteiger partial charge in [0.05, 0.1) is 18.9 Å². The average molecular weight is 341 g/mol. The highest BCUT2D eigenvalue weighted by Crippen LogP contribution is 2.25. The molecule has 25 heavy (non-hydrogen) atoms. The zero-order chi connectivity index (χ0) is 18.2. The predicted octanol–water partition coefficient (Wildman–Crippen LogP) is 3.22. The second-order valence-electron chi connectivity index (χ2n) is 5.28. The van der Waals surface area contributed by atoms with Gasteiger partial charge < -0.3 is 15.2 Å². The summed E-state index contributed by atoms with van der Waals surface area (Å²) in [6.07, 6.45) is 0. The van der Waals surface area contributed by atoms with Crippen LogP contribution in [0.5, 0.6) is 11.5 Å². The van der Waals surface area contributed by atoms with E-state index in [-0.39, 0.29) is 5.91 Å². The van der Waals surface area contributed by atoms with Crippen LogP contribution in [-0.2, 0) is 0 Å². The molecule has 0 spiro atoms. The van der Waals surface area contributed by atoms with Crippen molar-refractivity contribution in [2.24, 2.45) is 5.10 Å². The Morgan fingerprint density at radius 1 is 1.08 bits per heavy atom. The van der Waals surface area contributed by atoms with Crippen LogP contribution in [0.1, 0.15) is 36.7 Å². The van der Waals surface area contributed by atoms with Gasteiger partial charge in [-0.2, -0.15) is 5.10 Å². The van der Waals surface area contributed by atoms with E-state index in [4.69, 9.17) is 15.2 Å². The quantitative estimate of drug-likeness (QED) is 0.460. The molecule has 2 aromatic carbocycles. The molecule has 0 aliphatic carbocycles. The summed E-state index contributed by atoms with van der Waals surface area (Å²) in [4.78, 5) is 12.2. The van der Waals surface area contributed by atoms with Crippen molar-refractivity contribution in [1.29, 1.82) is 0 Å². The fourth-order valence-corrected chi connectivity index (χ4v) is 2.22. The van der Waals surface area contributed by atoms with Crippen molar-refractivity contribution in [1.82, 2.24) is 5.43 Å². The second kappa shape index (κ2) is 8.73. The van der Waals surface area contributed by atoms with Gasteiger partial charge in [-0.15, -0.1) is 0 Å². The molecule has 0 aliphatic heterocycles. The molecule has 2 rings (SSSR count). The van der Waals surface area contributed by atoms with Gasteiger partial charge in [-0.05, 0) is 63.2 Å². The van der Waals surface area contributed by atoms with Crippen LogP contribution in [0.15, 0.2) is 47.6 Å². The van der Waals surface area contributed by atoms with Crippen molar-refractivity contribution >= 4 is 17.3 Å². The number of benzene rings is 2. The SMILES string of the molecule is CCOc1ccc(OCC)c(/C(C)=N\NC(=O)c2ccc(N)cc2)c1. The lowest BCUT2D eigenvalue weighted by molar-refractivity contribution is 0.0955. The first-order chi connectivity index (χ1) is 12.0. The molecule has 2 aromatic rings. The van der Waals surface area contributed by atoms with E-state index in [1.807, 2.05) is 32.0 Å². The van der Waals surface area contributed by atoms with E-state index in [0.717, 1.165) is 11.3 Å². The maximum atomic E-state index is 12.2. The highest BCUT2D eigenvalue weighted by molar-refractivity contribution is 6.03. The number of nitrogens with one attached hydrogen (secondary N) is 1. The fraction of sp³-hybridized carbons (Fsp3) is 0.263. The van der Waals surface area contributed by atoms with Crippen LogP contribution in [0.25, 0.3) is 0 Å². The zero-order valence-corrected chi connectivity index (χ0v) is 14.7. The summed E-state index contributed by atoms with van der Waals surface area (Å²) in [6, 6.07) is 12.2. The number of hydrogen-bond acceptors (Lipinski definition) is 5. The van der Waals surface area contributed by atoms with Gasteiger partial charge in [-0.25, -0.2) is 5.43 Å². The minimum absolute atomic E-state index is 0.307. The summed E-state index contributed by atoms with van der Waals surface area (Å²) in [7, 11) is 0. The van der Waals surface area contributed by atoms with Crippen LogP contribution >= 0.6 is 0 Å². The van der Waals surface area contributed by atoms with Crippen molar-refractivity contribution in [2.45, 2.75) is 20.8 Å². The summed E-state index contributed by atoms with van der Waals surface area (Å²) in [5.41, 5.74) is 10.6.